The third-order valence-electron chi connectivity index (χ3n) is 5.53. The molecule has 1 unspecified atom stereocenters. The lowest BCUT2D eigenvalue weighted by molar-refractivity contribution is 0.0228. The Hall–Kier alpha value is -2.77. The molecule has 0 saturated carbocycles. The lowest BCUT2D eigenvalue weighted by Crippen LogP contribution is -2.48. The van der Waals surface area contributed by atoms with Gasteiger partial charge in [0.25, 0.3) is 5.91 Å². The van der Waals surface area contributed by atoms with Crippen LogP contribution in [-0.4, -0.2) is 75.9 Å². The maximum absolute atomic E-state index is 13.7. The number of methoxy groups -OCH3 is 3. The van der Waals surface area contributed by atoms with E-state index in [4.69, 9.17) is 18.9 Å². The van der Waals surface area contributed by atoms with Gasteiger partial charge in [-0.1, -0.05) is 30.3 Å². The fraction of sp³-hybridized carbons (Fsp3) is 0.458. The highest BCUT2D eigenvalue weighted by atomic mass is 16.5. The van der Waals surface area contributed by atoms with Crippen LogP contribution in [0.1, 0.15) is 22.8 Å². The summed E-state index contributed by atoms with van der Waals surface area (Å²) in [6.45, 7) is 6.60. The third-order valence-corrected chi connectivity index (χ3v) is 5.53. The number of rotatable bonds is 9. The Kier molecular flexibility index (Phi) is 8.14. The number of hydrogen-bond acceptors (Lipinski definition) is 6. The lowest BCUT2D eigenvalue weighted by Gasteiger charge is -2.35. The maximum Gasteiger partial charge on any atom is 0.254 e. The van der Waals surface area contributed by atoms with Crippen LogP contribution >= 0.6 is 0 Å². The Morgan fingerprint density at radius 1 is 1.03 bits per heavy atom. The lowest BCUT2D eigenvalue weighted by atomic mass is 10.1. The second-order valence-corrected chi connectivity index (χ2v) is 7.59. The Balaban J connectivity index is 1.91. The summed E-state index contributed by atoms with van der Waals surface area (Å²) in [5.74, 6) is 1.32. The third kappa shape index (κ3) is 5.68. The second kappa shape index (κ2) is 11.0. The first-order valence-corrected chi connectivity index (χ1v) is 10.5. The van der Waals surface area contributed by atoms with E-state index >= 15 is 0 Å². The number of ether oxygens (including phenoxy) is 4. The van der Waals surface area contributed by atoms with Gasteiger partial charge >= 0.3 is 0 Å². The number of morpholine rings is 1. The zero-order chi connectivity index (χ0) is 22.2. The van der Waals surface area contributed by atoms with Gasteiger partial charge in [0.1, 0.15) is 0 Å². The molecule has 0 radical (unpaired) electrons. The fourth-order valence-electron chi connectivity index (χ4n) is 3.83. The molecule has 31 heavy (non-hydrogen) atoms. The number of benzene rings is 2. The van der Waals surface area contributed by atoms with Crippen molar-refractivity contribution < 1.29 is 23.7 Å². The van der Waals surface area contributed by atoms with Crippen LogP contribution in [0.4, 0.5) is 0 Å². The van der Waals surface area contributed by atoms with Gasteiger partial charge in [0.2, 0.25) is 5.75 Å². The SMILES string of the molecule is COc1cc(C(=O)N(Cc2ccccc2)C(C)CN2CCOCC2)cc(OC)c1OC. The van der Waals surface area contributed by atoms with E-state index in [2.05, 4.69) is 11.8 Å². The van der Waals surface area contributed by atoms with Gasteiger partial charge < -0.3 is 23.8 Å². The normalized spacial score (nSPS) is 15.2. The molecular weight excluding hydrogens is 396 g/mol. The highest BCUT2D eigenvalue weighted by molar-refractivity contribution is 5.96. The first-order chi connectivity index (χ1) is 15.1. The molecule has 0 aliphatic carbocycles. The molecular formula is C24H32N2O5. The van der Waals surface area contributed by atoms with E-state index in [1.807, 2.05) is 35.2 Å². The Morgan fingerprint density at radius 2 is 1.65 bits per heavy atom. The average molecular weight is 429 g/mol. The summed E-state index contributed by atoms with van der Waals surface area (Å²) < 4.78 is 21.8. The van der Waals surface area contributed by atoms with Crippen molar-refractivity contribution in [1.29, 1.82) is 0 Å². The molecule has 0 spiro atoms. The van der Waals surface area contributed by atoms with Crippen molar-refractivity contribution in [3.05, 3.63) is 53.6 Å². The number of carbonyl (C=O) groups is 1. The summed E-state index contributed by atoms with van der Waals surface area (Å²) in [5, 5.41) is 0. The Morgan fingerprint density at radius 3 is 2.19 bits per heavy atom. The molecule has 1 aliphatic heterocycles. The summed E-state index contributed by atoms with van der Waals surface area (Å²) >= 11 is 0. The summed E-state index contributed by atoms with van der Waals surface area (Å²) in [5.41, 5.74) is 1.58. The zero-order valence-corrected chi connectivity index (χ0v) is 18.8. The number of amides is 1. The molecule has 7 heteroatoms. The van der Waals surface area contributed by atoms with Gasteiger partial charge in [-0.2, -0.15) is 0 Å². The van der Waals surface area contributed by atoms with Gasteiger partial charge in [0.15, 0.2) is 11.5 Å². The molecule has 0 aromatic heterocycles. The van der Waals surface area contributed by atoms with Crippen molar-refractivity contribution in [3.63, 3.8) is 0 Å². The van der Waals surface area contributed by atoms with Crippen LogP contribution < -0.4 is 14.2 Å². The molecule has 1 aliphatic rings. The largest absolute Gasteiger partial charge is 0.493 e. The molecule has 1 heterocycles. The fourth-order valence-corrected chi connectivity index (χ4v) is 3.83. The molecule has 1 atom stereocenters. The smallest absolute Gasteiger partial charge is 0.254 e. The van der Waals surface area contributed by atoms with Crippen LogP contribution in [0.2, 0.25) is 0 Å². The molecule has 1 fully saturated rings. The first-order valence-electron chi connectivity index (χ1n) is 10.5. The van der Waals surface area contributed by atoms with Crippen molar-refractivity contribution in [1.82, 2.24) is 9.80 Å². The Labute approximate surface area is 184 Å². The second-order valence-electron chi connectivity index (χ2n) is 7.59. The highest BCUT2D eigenvalue weighted by Crippen LogP contribution is 2.38. The topological polar surface area (TPSA) is 60.5 Å². The van der Waals surface area contributed by atoms with Gasteiger partial charge in [-0.05, 0) is 24.6 Å². The van der Waals surface area contributed by atoms with Crippen molar-refractivity contribution >= 4 is 5.91 Å². The molecule has 1 amide bonds. The molecule has 2 aromatic carbocycles. The standard InChI is InChI=1S/C24H32N2O5/c1-18(16-25-10-12-31-13-11-25)26(17-19-8-6-5-7-9-19)24(27)20-14-21(28-2)23(30-4)22(15-20)29-3/h5-9,14-15,18H,10-13,16-17H2,1-4H3. The van der Waals surface area contributed by atoms with Gasteiger partial charge in [0.05, 0.1) is 34.5 Å². The molecule has 1 saturated heterocycles. The minimum atomic E-state index is -0.0798. The average Bonchev–Trinajstić information content (AvgIpc) is 2.82. The van der Waals surface area contributed by atoms with Crippen molar-refractivity contribution in [2.24, 2.45) is 0 Å². The van der Waals surface area contributed by atoms with Crippen LogP contribution in [0.5, 0.6) is 17.2 Å². The van der Waals surface area contributed by atoms with E-state index in [1.165, 1.54) is 0 Å². The van der Waals surface area contributed by atoms with Crippen LogP contribution in [0.25, 0.3) is 0 Å². The van der Waals surface area contributed by atoms with Crippen molar-refractivity contribution in [2.75, 3.05) is 54.2 Å². The van der Waals surface area contributed by atoms with E-state index in [0.717, 1.165) is 38.4 Å². The summed E-state index contributed by atoms with van der Waals surface area (Å²) in [4.78, 5) is 17.9. The molecule has 7 nitrogen and oxygen atoms in total. The van der Waals surface area contributed by atoms with Gasteiger partial charge in [-0.25, -0.2) is 0 Å². The predicted octanol–water partition coefficient (Wildman–Crippen LogP) is 3.08. The zero-order valence-electron chi connectivity index (χ0n) is 18.8. The molecule has 0 bridgehead atoms. The maximum atomic E-state index is 13.7. The minimum Gasteiger partial charge on any atom is -0.493 e. The molecule has 3 rings (SSSR count). The summed E-state index contributed by atoms with van der Waals surface area (Å²) in [7, 11) is 4.65. The Bertz CT molecular complexity index is 827. The quantitative estimate of drug-likeness (QED) is 0.612. The van der Waals surface area contributed by atoms with Gasteiger partial charge in [-0.15, -0.1) is 0 Å². The molecule has 2 aromatic rings. The van der Waals surface area contributed by atoms with Crippen LogP contribution in [0.15, 0.2) is 42.5 Å². The molecule has 168 valence electrons. The number of hydrogen-bond donors (Lipinski definition) is 0. The van der Waals surface area contributed by atoms with Crippen LogP contribution in [-0.2, 0) is 11.3 Å². The minimum absolute atomic E-state index is 0.00453. The van der Waals surface area contributed by atoms with Crippen molar-refractivity contribution in [3.8, 4) is 17.2 Å². The van der Waals surface area contributed by atoms with Gasteiger partial charge in [-0.3, -0.25) is 9.69 Å². The van der Waals surface area contributed by atoms with E-state index in [9.17, 15) is 4.79 Å². The monoisotopic (exact) mass is 428 g/mol. The predicted molar refractivity (Wildman–Crippen MR) is 119 cm³/mol. The molecule has 0 N–H and O–H groups in total. The summed E-state index contributed by atoms with van der Waals surface area (Å²) in [6.07, 6.45) is 0. The highest BCUT2D eigenvalue weighted by Gasteiger charge is 2.26. The van der Waals surface area contributed by atoms with E-state index in [0.29, 0.717) is 29.4 Å². The first kappa shape index (κ1) is 22.9. The number of carbonyl (C=O) groups excluding carboxylic acids is 1. The van der Waals surface area contributed by atoms with Gasteiger partial charge in [0, 0.05) is 37.8 Å². The van der Waals surface area contributed by atoms with Crippen LogP contribution in [0.3, 0.4) is 0 Å². The number of nitrogens with zero attached hydrogens (tertiary/aromatic N) is 2. The summed E-state index contributed by atoms with van der Waals surface area (Å²) in [6, 6.07) is 13.5. The van der Waals surface area contributed by atoms with E-state index in [-0.39, 0.29) is 11.9 Å². The van der Waals surface area contributed by atoms with E-state index in [1.54, 1.807) is 33.5 Å². The van der Waals surface area contributed by atoms with E-state index < -0.39 is 0 Å². The van der Waals surface area contributed by atoms with Crippen LogP contribution in [0, 0.1) is 0 Å². The van der Waals surface area contributed by atoms with Crippen molar-refractivity contribution in [2.45, 2.75) is 19.5 Å².